The number of aryl methyl sites for hydroxylation is 1. The minimum absolute atomic E-state index is 0.0367. The van der Waals surface area contributed by atoms with Gasteiger partial charge in [0.15, 0.2) is 5.13 Å². The molecule has 1 aliphatic rings. The van der Waals surface area contributed by atoms with E-state index in [2.05, 4.69) is 15.3 Å². The summed E-state index contributed by atoms with van der Waals surface area (Å²) in [5.74, 6) is -1.50. The summed E-state index contributed by atoms with van der Waals surface area (Å²) in [5.41, 5.74) is 0.972. The zero-order valence-electron chi connectivity index (χ0n) is 13.3. The van der Waals surface area contributed by atoms with Crippen LogP contribution in [0.15, 0.2) is 12.3 Å². The lowest BCUT2D eigenvalue weighted by Crippen LogP contribution is -2.52. The maximum Gasteiger partial charge on any atom is 0.347 e. The summed E-state index contributed by atoms with van der Waals surface area (Å²) in [6.45, 7) is 2.28. The van der Waals surface area contributed by atoms with Gasteiger partial charge in [-0.1, -0.05) is 22.9 Å². The Bertz CT molecular complexity index is 809. The van der Waals surface area contributed by atoms with Gasteiger partial charge in [-0.25, -0.2) is 14.2 Å². The molecule has 2 aromatic rings. The normalized spacial score (nSPS) is 20.5. The van der Waals surface area contributed by atoms with Crippen molar-refractivity contribution < 1.29 is 19.1 Å². The van der Waals surface area contributed by atoms with E-state index in [9.17, 15) is 14.0 Å². The summed E-state index contributed by atoms with van der Waals surface area (Å²) in [5, 5.41) is 12.4. The monoisotopic (exact) mass is 386 g/mol. The van der Waals surface area contributed by atoms with Gasteiger partial charge in [0.2, 0.25) is 0 Å². The first kappa shape index (κ1) is 17.7. The predicted octanol–water partition coefficient (Wildman–Crippen LogP) is 2.48. The van der Waals surface area contributed by atoms with Gasteiger partial charge < -0.3 is 20.3 Å². The molecule has 0 unspecified atom stereocenters. The molecule has 0 radical (unpaired) electrons. The number of carboxylic acid groups (broad SMARTS) is 1. The van der Waals surface area contributed by atoms with Gasteiger partial charge in [0.25, 0.3) is 5.91 Å². The van der Waals surface area contributed by atoms with E-state index in [1.54, 1.807) is 17.9 Å². The van der Waals surface area contributed by atoms with Gasteiger partial charge in [0.05, 0.1) is 23.8 Å². The summed E-state index contributed by atoms with van der Waals surface area (Å²) in [6.07, 6.45) is 0.343. The van der Waals surface area contributed by atoms with E-state index in [1.807, 2.05) is 0 Å². The van der Waals surface area contributed by atoms with Crippen LogP contribution in [0.25, 0.3) is 0 Å². The molecule has 0 saturated carbocycles. The van der Waals surface area contributed by atoms with Gasteiger partial charge in [-0.15, -0.1) is 0 Å². The van der Waals surface area contributed by atoms with Crippen LogP contribution in [0.3, 0.4) is 0 Å². The highest BCUT2D eigenvalue weighted by Gasteiger charge is 2.32. The number of aromatic nitrogens is 2. The average molecular weight is 387 g/mol. The highest BCUT2D eigenvalue weighted by molar-refractivity contribution is 7.17. The molecule has 1 aliphatic heterocycles. The third-order valence-corrected chi connectivity index (χ3v) is 5.31. The number of hydrogen-bond acceptors (Lipinski definition) is 5. The largest absolute Gasteiger partial charge is 0.477 e. The molecule has 1 amide bonds. The Labute approximate surface area is 151 Å². The Morgan fingerprint density at radius 1 is 1.56 bits per heavy atom. The van der Waals surface area contributed by atoms with Crippen LogP contribution in [-0.2, 0) is 0 Å². The van der Waals surface area contributed by atoms with Crippen molar-refractivity contribution in [2.75, 3.05) is 18.0 Å². The number of carbonyl (C=O) groups is 2. The number of carbonyl (C=O) groups excluding carboxylic acids is 1. The number of rotatable bonds is 4. The van der Waals surface area contributed by atoms with Crippen LogP contribution in [0.2, 0.25) is 5.02 Å². The molecule has 0 aromatic carbocycles. The average Bonchev–Trinajstić information content (AvgIpc) is 3.16. The Morgan fingerprint density at radius 2 is 2.32 bits per heavy atom. The smallest absolute Gasteiger partial charge is 0.347 e. The number of anilines is 1. The van der Waals surface area contributed by atoms with Crippen LogP contribution in [-0.4, -0.2) is 52.3 Å². The summed E-state index contributed by atoms with van der Waals surface area (Å²) in [6, 6.07) is 0.997. The van der Waals surface area contributed by atoms with Crippen LogP contribution in [0, 0.1) is 6.92 Å². The number of amides is 1. The number of hydrogen-bond donors (Lipinski definition) is 3. The van der Waals surface area contributed by atoms with Crippen LogP contribution in [0.5, 0.6) is 0 Å². The van der Waals surface area contributed by atoms with Crippen molar-refractivity contribution in [3.63, 3.8) is 0 Å². The van der Waals surface area contributed by atoms with Crippen LogP contribution < -0.4 is 10.2 Å². The van der Waals surface area contributed by atoms with E-state index < -0.39 is 24.1 Å². The SMILES string of the molecule is Cc1cc(Cl)c(C(=O)N[C@@H]2CCN(c3ncc(C(=O)O)s3)C[C@@H]2F)[nH]1. The molecule has 1 fully saturated rings. The Balaban J connectivity index is 1.62. The van der Waals surface area contributed by atoms with E-state index in [-0.39, 0.29) is 17.1 Å². The molecule has 10 heteroatoms. The molecule has 0 spiro atoms. The number of alkyl halides is 1. The molecule has 25 heavy (non-hydrogen) atoms. The molecule has 7 nitrogen and oxygen atoms in total. The molecule has 1 saturated heterocycles. The van der Waals surface area contributed by atoms with Gasteiger partial charge in [0.1, 0.15) is 16.7 Å². The molecular weight excluding hydrogens is 371 g/mol. The second-order valence-electron chi connectivity index (χ2n) is 5.82. The molecule has 3 rings (SSSR count). The Kier molecular flexibility index (Phi) is 4.96. The summed E-state index contributed by atoms with van der Waals surface area (Å²) >= 11 is 6.98. The zero-order valence-corrected chi connectivity index (χ0v) is 14.8. The fourth-order valence-electron chi connectivity index (χ4n) is 2.71. The van der Waals surface area contributed by atoms with E-state index in [0.717, 1.165) is 17.0 Å². The maximum atomic E-state index is 14.5. The first-order chi connectivity index (χ1) is 11.8. The van der Waals surface area contributed by atoms with Gasteiger partial charge >= 0.3 is 5.97 Å². The number of aromatic amines is 1. The van der Waals surface area contributed by atoms with Crippen molar-refractivity contribution in [1.82, 2.24) is 15.3 Å². The molecule has 2 atom stereocenters. The van der Waals surface area contributed by atoms with Crippen molar-refractivity contribution in [1.29, 1.82) is 0 Å². The number of halogens is 2. The first-order valence-electron chi connectivity index (χ1n) is 7.59. The predicted molar refractivity (Wildman–Crippen MR) is 92.6 cm³/mol. The summed E-state index contributed by atoms with van der Waals surface area (Å²) in [7, 11) is 0. The van der Waals surface area contributed by atoms with Gasteiger partial charge in [-0.05, 0) is 19.4 Å². The third-order valence-electron chi connectivity index (χ3n) is 3.96. The minimum atomic E-state index is -1.30. The highest BCUT2D eigenvalue weighted by Crippen LogP contribution is 2.27. The first-order valence-corrected chi connectivity index (χ1v) is 8.78. The van der Waals surface area contributed by atoms with Gasteiger partial charge in [0, 0.05) is 12.2 Å². The number of aromatic carboxylic acids is 1. The number of thiazole rings is 1. The summed E-state index contributed by atoms with van der Waals surface area (Å²) < 4.78 is 14.5. The molecule has 134 valence electrons. The van der Waals surface area contributed by atoms with E-state index in [1.165, 1.54) is 6.20 Å². The maximum absolute atomic E-state index is 14.5. The lowest BCUT2D eigenvalue weighted by Gasteiger charge is -2.34. The van der Waals surface area contributed by atoms with E-state index >= 15 is 0 Å². The van der Waals surface area contributed by atoms with Crippen LogP contribution in [0.1, 0.15) is 32.3 Å². The summed E-state index contributed by atoms with van der Waals surface area (Å²) in [4.78, 5) is 31.8. The molecular formula is C15H16ClFN4O3S. The topological polar surface area (TPSA) is 98.3 Å². The van der Waals surface area contributed by atoms with Crippen molar-refractivity contribution in [3.05, 3.63) is 33.6 Å². The standard InChI is InChI=1S/C15H16ClFN4O3S/c1-7-4-8(16)12(19-7)13(22)20-10-2-3-21(6-9(10)17)15-18-5-11(25-15)14(23)24/h4-5,9-10,19H,2-3,6H2,1H3,(H,20,22)(H,23,24)/t9-,10+/m0/s1. The quantitative estimate of drug-likeness (QED) is 0.749. The number of H-pyrrole nitrogens is 1. The minimum Gasteiger partial charge on any atom is -0.477 e. The Morgan fingerprint density at radius 3 is 2.88 bits per heavy atom. The van der Waals surface area contributed by atoms with Crippen molar-refractivity contribution in [3.8, 4) is 0 Å². The van der Waals surface area contributed by atoms with E-state index in [0.29, 0.717) is 23.1 Å². The van der Waals surface area contributed by atoms with Crippen LogP contribution in [0.4, 0.5) is 9.52 Å². The van der Waals surface area contributed by atoms with Gasteiger partial charge in [-0.2, -0.15) is 0 Å². The Hall–Kier alpha value is -2.13. The number of piperidine rings is 1. The second kappa shape index (κ2) is 7.01. The third kappa shape index (κ3) is 3.77. The van der Waals surface area contributed by atoms with Crippen molar-refractivity contribution >= 4 is 39.9 Å². The van der Waals surface area contributed by atoms with Crippen molar-refractivity contribution in [2.24, 2.45) is 0 Å². The number of nitrogens with zero attached hydrogens (tertiary/aromatic N) is 2. The highest BCUT2D eigenvalue weighted by atomic mass is 35.5. The molecule has 3 N–H and O–H groups in total. The number of nitrogens with one attached hydrogen (secondary N) is 2. The lowest BCUT2D eigenvalue weighted by molar-refractivity contribution is 0.0701. The molecule has 0 aliphatic carbocycles. The number of carboxylic acids is 1. The molecule has 2 aromatic heterocycles. The van der Waals surface area contributed by atoms with E-state index in [4.69, 9.17) is 16.7 Å². The molecule has 0 bridgehead atoms. The van der Waals surface area contributed by atoms with Crippen LogP contribution >= 0.6 is 22.9 Å². The molecule has 3 heterocycles. The van der Waals surface area contributed by atoms with Gasteiger partial charge in [-0.3, -0.25) is 4.79 Å². The second-order valence-corrected chi connectivity index (χ2v) is 7.23. The lowest BCUT2D eigenvalue weighted by atomic mass is 10.0. The fraction of sp³-hybridized carbons (Fsp3) is 0.400. The van der Waals surface area contributed by atoms with Crippen molar-refractivity contribution in [2.45, 2.75) is 25.6 Å². The zero-order chi connectivity index (χ0) is 18.1. The fourth-order valence-corrected chi connectivity index (χ4v) is 3.80.